The van der Waals surface area contributed by atoms with Crippen LogP contribution in [-0.4, -0.2) is 23.1 Å². The third-order valence-electron chi connectivity index (χ3n) is 23.2. The summed E-state index contributed by atoms with van der Waals surface area (Å²) in [6, 6.07) is 108. The Morgan fingerprint density at radius 2 is 0.811 bits per heavy atom. The molecule has 6 heteroatoms. The number of benzene rings is 13. The van der Waals surface area contributed by atoms with Gasteiger partial charge in [-0.1, -0.05) is 277 Å². The van der Waals surface area contributed by atoms with Crippen LogP contribution in [0.4, 0.5) is 0 Å². The van der Waals surface area contributed by atoms with Gasteiger partial charge in [0, 0.05) is 38.9 Å². The van der Waals surface area contributed by atoms with Crippen molar-refractivity contribution in [3.05, 3.63) is 341 Å². The molecule has 4 aromatic heterocycles. The number of nitrogens with zero attached hydrogens (tertiary/aromatic N) is 6. The number of aromatic nitrogens is 5. The Bertz CT molecular complexity index is 6400. The predicted octanol–water partition coefficient (Wildman–Crippen LogP) is 25.9. The largest absolute Gasteiger partial charge is 0.309 e. The van der Waals surface area contributed by atoms with Crippen molar-refractivity contribution in [3.8, 4) is 78.8 Å². The van der Waals surface area contributed by atoms with E-state index < -0.39 is 0 Å². The van der Waals surface area contributed by atoms with Crippen LogP contribution in [0.5, 0.6) is 0 Å². The van der Waals surface area contributed by atoms with Gasteiger partial charge in [0.1, 0.15) is 17.5 Å². The lowest BCUT2D eigenvalue weighted by Crippen LogP contribution is -2.12. The molecule has 0 saturated carbocycles. The summed E-state index contributed by atoms with van der Waals surface area (Å²) in [6.07, 6.45) is 0. The Morgan fingerprint density at radius 1 is 0.330 bits per heavy atom. The van der Waals surface area contributed by atoms with Crippen molar-refractivity contribution in [2.24, 2.45) is 0 Å². The molecule has 6 nitrogen and oxygen atoms in total. The summed E-state index contributed by atoms with van der Waals surface area (Å²) in [5.74, 6) is 0.518. The third-order valence-corrected chi connectivity index (χ3v) is 23.2. The van der Waals surface area contributed by atoms with E-state index in [1.165, 1.54) is 60.8 Å². The van der Waals surface area contributed by atoms with E-state index in [1.54, 1.807) is 0 Å². The van der Waals surface area contributed by atoms with Crippen molar-refractivity contribution in [1.82, 2.24) is 23.1 Å². The molecule has 0 bridgehead atoms. The first-order valence-corrected chi connectivity index (χ1v) is 37.5. The van der Waals surface area contributed by atoms with Crippen LogP contribution < -0.4 is 0 Å². The zero-order valence-electron chi connectivity index (χ0n) is 62.4. The summed E-state index contributed by atoms with van der Waals surface area (Å²) < 4.78 is 9.83. The fourth-order valence-corrected chi connectivity index (χ4v) is 17.6. The van der Waals surface area contributed by atoms with Crippen LogP contribution in [0.2, 0.25) is 0 Å². The molecular formula is C100H84N6. The third kappa shape index (κ3) is 10.1. The van der Waals surface area contributed by atoms with E-state index in [0.717, 1.165) is 128 Å². The summed E-state index contributed by atoms with van der Waals surface area (Å²) >= 11 is 0. The molecule has 0 spiro atoms. The normalized spacial score (nSPS) is 13.9. The fraction of sp³-hybridized carbons (Fsp3) is 0.180. The second kappa shape index (κ2) is 23.5. The highest BCUT2D eigenvalue weighted by molar-refractivity contribution is 6.11. The minimum Gasteiger partial charge on any atom is -0.309 e. The van der Waals surface area contributed by atoms with Gasteiger partial charge >= 0.3 is 0 Å². The molecule has 1 atom stereocenters. The maximum Gasteiger partial charge on any atom is 0.126 e. The smallest absolute Gasteiger partial charge is 0.126 e. The standard InChI is InChI=1S/C100H84N6/c1-97(2,3)68-38-43-73-76(54-68)77-55-69(98(4,5)6)39-44-74(77)95(73)80-58-90(104-83-47-40-70(99(7,8)9)56-78(83)79-57-71(100(10,11)12)41-48-84(79)104)93(67-35-42-75-87(51-67)106-88-50-64(61-27-19-14-20-28-61)36-45-82(88)102-96(106)94(75)62-29-21-15-22-30-62)81(59-101)92(80)66-37-46-85-89(52-66)105-86-49-63(60-25-17-13-18-26-60)33-34-65(86)53-91(105)103(85)72-31-23-16-24-32-72/h13-58,94-95H,1-12H3. The molecule has 2 aliphatic rings. The Labute approximate surface area is 620 Å². The molecule has 514 valence electrons. The van der Waals surface area contributed by atoms with Crippen molar-refractivity contribution in [1.29, 1.82) is 5.26 Å². The molecule has 5 heterocycles. The van der Waals surface area contributed by atoms with E-state index in [4.69, 9.17) is 4.98 Å². The highest BCUT2D eigenvalue weighted by atomic mass is 15.1. The van der Waals surface area contributed by atoms with Crippen molar-refractivity contribution >= 4 is 60.4 Å². The summed E-state index contributed by atoms with van der Waals surface area (Å²) in [4.78, 5) is 5.60. The van der Waals surface area contributed by atoms with E-state index in [9.17, 15) is 5.26 Å². The first-order chi connectivity index (χ1) is 51.0. The average molecular weight is 1370 g/mol. The molecule has 0 amide bonds. The van der Waals surface area contributed by atoms with Crippen LogP contribution in [0.1, 0.15) is 156 Å². The van der Waals surface area contributed by atoms with Gasteiger partial charge in [-0.3, -0.25) is 13.5 Å². The maximum atomic E-state index is 13.3. The number of para-hydroxylation sites is 1. The van der Waals surface area contributed by atoms with E-state index >= 15 is 0 Å². The minimum absolute atomic E-state index is 0.120. The van der Waals surface area contributed by atoms with Crippen LogP contribution in [0.25, 0.3) is 133 Å². The maximum absolute atomic E-state index is 13.3. The van der Waals surface area contributed by atoms with E-state index in [-0.39, 0.29) is 33.5 Å². The van der Waals surface area contributed by atoms with Gasteiger partial charge in [0.05, 0.1) is 61.5 Å². The lowest BCUT2D eigenvalue weighted by atomic mass is 9.78. The van der Waals surface area contributed by atoms with Gasteiger partial charge in [0.25, 0.3) is 0 Å². The monoisotopic (exact) mass is 1370 g/mol. The van der Waals surface area contributed by atoms with Crippen molar-refractivity contribution < 1.29 is 0 Å². The number of imidazole rings is 2. The first kappa shape index (κ1) is 64.8. The predicted molar refractivity (Wildman–Crippen MR) is 442 cm³/mol. The van der Waals surface area contributed by atoms with E-state index in [2.05, 4.69) is 386 Å². The van der Waals surface area contributed by atoms with Gasteiger partial charge in [-0.15, -0.1) is 0 Å². The van der Waals surface area contributed by atoms with Crippen LogP contribution in [0, 0.1) is 11.3 Å². The Balaban J connectivity index is 0.983. The number of hydrogen-bond donors (Lipinski definition) is 0. The van der Waals surface area contributed by atoms with Gasteiger partial charge in [0.2, 0.25) is 0 Å². The highest BCUT2D eigenvalue weighted by Crippen LogP contribution is 2.56. The van der Waals surface area contributed by atoms with E-state index in [1.807, 2.05) is 0 Å². The molecule has 1 aliphatic heterocycles. The van der Waals surface area contributed by atoms with Gasteiger partial charge in [-0.2, -0.15) is 5.26 Å². The molecule has 0 radical (unpaired) electrons. The van der Waals surface area contributed by atoms with Crippen LogP contribution in [-0.2, 0) is 21.7 Å². The highest BCUT2D eigenvalue weighted by Gasteiger charge is 2.39. The van der Waals surface area contributed by atoms with Crippen LogP contribution in [0.15, 0.2) is 279 Å². The van der Waals surface area contributed by atoms with Crippen molar-refractivity contribution in [3.63, 3.8) is 0 Å². The second-order valence-electron chi connectivity index (χ2n) is 33.9. The fourth-order valence-electron chi connectivity index (χ4n) is 17.6. The van der Waals surface area contributed by atoms with Crippen molar-refractivity contribution in [2.75, 3.05) is 0 Å². The van der Waals surface area contributed by atoms with Gasteiger partial charge in [0.15, 0.2) is 0 Å². The number of rotatable bonds is 8. The second-order valence-corrected chi connectivity index (χ2v) is 33.9. The molecular weight excluding hydrogens is 1290 g/mol. The molecule has 0 N–H and O–H groups in total. The number of nitriles is 1. The molecule has 1 unspecified atom stereocenters. The minimum atomic E-state index is -0.299. The van der Waals surface area contributed by atoms with Crippen LogP contribution >= 0.6 is 0 Å². The summed E-state index contributed by atoms with van der Waals surface area (Å²) in [6.45, 7) is 27.8. The Morgan fingerprint density at radius 3 is 1.39 bits per heavy atom. The zero-order chi connectivity index (χ0) is 72.6. The summed E-state index contributed by atoms with van der Waals surface area (Å²) in [5.41, 5.74) is 33.2. The molecule has 0 saturated heterocycles. The average Bonchev–Trinajstić information content (AvgIpc) is 1.51. The lowest BCUT2D eigenvalue weighted by Gasteiger charge is -2.27. The van der Waals surface area contributed by atoms with E-state index in [0.29, 0.717) is 5.56 Å². The summed E-state index contributed by atoms with van der Waals surface area (Å²) in [7, 11) is 0. The molecule has 0 fully saturated rings. The SMILES string of the molecule is CC(C)(C)c1ccc2c(c1)-c1cc(C(C)(C)C)ccc1C2c1cc(-n2c3ccc(C(C)(C)C)cc3c3cc(C(C)(C)C)ccc32)c(-c2ccc3c(c2)-n2c(nc4ccc(-c5ccccc5)cc42)C3c2ccccc2)c(C#N)c1-c1ccc2c(c1)n1c3cc(-c4ccccc4)ccc3cc1n2-c1ccccc1. The zero-order valence-corrected chi connectivity index (χ0v) is 62.4. The van der Waals surface area contributed by atoms with Gasteiger partial charge in [-0.25, -0.2) is 4.98 Å². The van der Waals surface area contributed by atoms with Gasteiger partial charge in [-0.05, 0) is 201 Å². The van der Waals surface area contributed by atoms with Gasteiger partial charge < -0.3 is 4.57 Å². The van der Waals surface area contributed by atoms with Crippen LogP contribution in [0.3, 0.4) is 0 Å². The molecule has 106 heavy (non-hydrogen) atoms. The summed E-state index contributed by atoms with van der Waals surface area (Å²) in [5, 5.41) is 16.8. The molecule has 17 aromatic rings. The Hall–Kier alpha value is -12.0. The molecule has 19 rings (SSSR count). The first-order valence-electron chi connectivity index (χ1n) is 37.5. The lowest BCUT2D eigenvalue weighted by molar-refractivity contribution is 0.589. The quantitative estimate of drug-likeness (QED) is 0.152. The molecule has 1 aliphatic carbocycles. The van der Waals surface area contributed by atoms with Crippen molar-refractivity contribution in [2.45, 2.75) is 117 Å². The number of hydrogen-bond acceptors (Lipinski definition) is 2. The topological polar surface area (TPSA) is 55.9 Å². The number of fused-ring (bicyclic) bond motifs is 16. The molecule has 13 aromatic carbocycles. The Kier molecular flexibility index (Phi) is 14.4.